The summed E-state index contributed by atoms with van der Waals surface area (Å²) >= 11 is 5.91. The van der Waals surface area contributed by atoms with E-state index in [0.717, 1.165) is 17.4 Å². The molecule has 15 heavy (non-hydrogen) atoms. The fourth-order valence-corrected chi connectivity index (χ4v) is 2.10. The van der Waals surface area contributed by atoms with Crippen LogP contribution >= 0.6 is 32.5 Å². The van der Waals surface area contributed by atoms with Crippen molar-refractivity contribution in [1.29, 1.82) is 0 Å². The molecule has 0 saturated carbocycles. The van der Waals surface area contributed by atoms with E-state index in [4.69, 9.17) is 7.66 Å². The molecule has 1 aromatic carbocycles. The standard InChI is InChI=1S/C10H9Br2NO2/c1-2-13-4-3-7-5-9(14-11)10(15-12)6-8(7)13/h3-6H,2H2,1H3. The van der Waals surface area contributed by atoms with Gasteiger partial charge in [0.1, 0.15) is 0 Å². The van der Waals surface area contributed by atoms with E-state index in [1.165, 1.54) is 0 Å². The molecule has 0 fully saturated rings. The Kier molecular flexibility index (Phi) is 3.21. The summed E-state index contributed by atoms with van der Waals surface area (Å²) < 4.78 is 12.2. The summed E-state index contributed by atoms with van der Waals surface area (Å²) in [6, 6.07) is 5.91. The SMILES string of the molecule is CCn1ccc2cc(OBr)c(OBr)cc21. The van der Waals surface area contributed by atoms with Gasteiger partial charge in [-0.15, -0.1) is 0 Å². The molecule has 0 amide bonds. The average molecular weight is 335 g/mol. The second-order valence-electron chi connectivity index (χ2n) is 3.11. The maximum Gasteiger partial charge on any atom is 0.181 e. The van der Waals surface area contributed by atoms with Gasteiger partial charge in [-0.25, -0.2) is 0 Å². The molecular formula is C10H9Br2NO2. The van der Waals surface area contributed by atoms with Crippen LogP contribution < -0.4 is 7.66 Å². The number of aromatic nitrogens is 1. The highest BCUT2D eigenvalue weighted by atomic mass is 79.9. The molecule has 1 aromatic heterocycles. The molecule has 5 heteroatoms. The number of halogens is 2. The lowest BCUT2D eigenvalue weighted by Gasteiger charge is -2.06. The van der Waals surface area contributed by atoms with Gasteiger partial charge in [0.05, 0.1) is 5.52 Å². The highest BCUT2D eigenvalue weighted by Gasteiger charge is 2.09. The van der Waals surface area contributed by atoms with Gasteiger partial charge in [-0.2, -0.15) is 0 Å². The third-order valence-corrected chi connectivity index (χ3v) is 3.04. The van der Waals surface area contributed by atoms with Gasteiger partial charge in [0, 0.05) is 24.2 Å². The largest absolute Gasteiger partial charge is 0.414 e. The molecule has 80 valence electrons. The summed E-state index contributed by atoms with van der Waals surface area (Å²) in [6.07, 6.45) is 2.04. The Morgan fingerprint density at radius 1 is 1.20 bits per heavy atom. The second-order valence-corrected chi connectivity index (χ2v) is 3.76. The molecule has 0 unspecified atom stereocenters. The highest BCUT2D eigenvalue weighted by Crippen LogP contribution is 2.35. The van der Waals surface area contributed by atoms with E-state index in [2.05, 4.69) is 44.0 Å². The minimum absolute atomic E-state index is 0.646. The maximum absolute atomic E-state index is 5.06. The first-order valence-corrected chi connectivity index (χ1v) is 5.79. The number of rotatable bonds is 3. The third-order valence-electron chi connectivity index (χ3n) is 2.34. The molecule has 0 aliphatic heterocycles. The summed E-state index contributed by atoms with van der Waals surface area (Å²) in [7, 11) is 0. The van der Waals surface area contributed by atoms with Gasteiger partial charge >= 0.3 is 0 Å². The molecule has 0 aliphatic rings. The van der Waals surface area contributed by atoms with Gasteiger partial charge in [-0.1, -0.05) is 0 Å². The molecule has 0 saturated heterocycles. The average Bonchev–Trinajstić information content (AvgIpc) is 2.68. The molecule has 3 nitrogen and oxygen atoms in total. The zero-order valence-corrected chi connectivity index (χ0v) is 11.2. The van der Waals surface area contributed by atoms with Crippen molar-refractivity contribution in [3.63, 3.8) is 0 Å². The van der Waals surface area contributed by atoms with Crippen molar-refractivity contribution in [1.82, 2.24) is 4.57 Å². The summed E-state index contributed by atoms with van der Waals surface area (Å²) in [5, 5.41) is 1.12. The Morgan fingerprint density at radius 2 is 1.87 bits per heavy atom. The Hall–Kier alpha value is -0.680. The van der Waals surface area contributed by atoms with E-state index in [0.29, 0.717) is 11.5 Å². The van der Waals surface area contributed by atoms with E-state index in [-0.39, 0.29) is 0 Å². The van der Waals surface area contributed by atoms with Crippen LogP contribution in [0.25, 0.3) is 10.9 Å². The first kappa shape index (κ1) is 10.8. The third kappa shape index (κ3) is 1.86. The van der Waals surface area contributed by atoms with Crippen LogP contribution in [0.4, 0.5) is 0 Å². The molecule has 0 N–H and O–H groups in total. The number of hydrogen-bond acceptors (Lipinski definition) is 2. The van der Waals surface area contributed by atoms with Crippen molar-refractivity contribution in [3.05, 3.63) is 24.4 Å². The van der Waals surface area contributed by atoms with E-state index in [1.54, 1.807) is 0 Å². The topological polar surface area (TPSA) is 23.4 Å². The summed E-state index contributed by atoms with van der Waals surface area (Å²) in [5.74, 6) is 1.29. The maximum atomic E-state index is 5.06. The van der Waals surface area contributed by atoms with Crippen LogP contribution in [0, 0.1) is 0 Å². The fraction of sp³-hybridized carbons (Fsp3) is 0.200. The van der Waals surface area contributed by atoms with Crippen molar-refractivity contribution in [2.24, 2.45) is 0 Å². The van der Waals surface area contributed by atoms with Gasteiger partial charge in [-0.05, 0) is 19.1 Å². The molecular weight excluding hydrogens is 326 g/mol. The number of fused-ring (bicyclic) bond motifs is 1. The summed E-state index contributed by atoms with van der Waals surface area (Å²) in [5.41, 5.74) is 1.13. The monoisotopic (exact) mass is 333 g/mol. The van der Waals surface area contributed by atoms with Crippen LogP contribution in [-0.2, 0) is 6.54 Å². The zero-order valence-electron chi connectivity index (χ0n) is 8.04. The normalized spacial score (nSPS) is 10.6. The lowest BCUT2D eigenvalue weighted by atomic mass is 10.2. The van der Waals surface area contributed by atoms with Crippen molar-refractivity contribution >= 4 is 43.4 Å². The predicted molar refractivity (Wildman–Crippen MR) is 66.7 cm³/mol. The summed E-state index contributed by atoms with van der Waals surface area (Å²) in [6.45, 7) is 3.03. The Morgan fingerprint density at radius 3 is 2.47 bits per heavy atom. The van der Waals surface area contributed by atoms with Crippen LogP contribution in [0.3, 0.4) is 0 Å². The minimum Gasteiger partial charge on any atom is -0.414 e. The van der Waals surface area contributed by atoms with Gasteiger partial charge in [-0.3, -0.25) is 0 Å². The van der Waals surface area contributed by atoms with Crippen molar-refractivity contribution in [2.75, 3.05) is 0 Å². The van der Waals surface area contributed by atoms with Gasteiger partial charge < -0.3 is 12.2 Å². The lowest BCUT2D eigenvalue weighted by Crippen LogP contribution is -1.91. The predicted octanol–water partition coefficient (Wildman–Crippen LogP) is 4.04. The Labute approximate surface area is 105 Å². The molecule has 2 aromatic rings. The Balaban J connectivity index is 2.66. The highest BCUT2D eigenvalue weighted by molar-refractivity contribution is 9.06. The van der Waals surface area contributed by atoms with Crippen LogP contribution in [0.1, 0.15) is 6.92 Å². The van der Waals surface area contributed by atoms with E-state index in [1.807, 2.05) is 24.4 Å². The number of nitrogens with zero attached hydrogens (tertiary/aromatic N) is 1. The lowest BCUT2D eigenvalue weighted by molar-refractivity contribution is 0.600. The molecule has 1 heterocycles. The van der Waals surface area contributed by atoms with Crippen LogP contribution in [-0.4, -0.2) is 4.57 Å². The molecule has 0 spiro atoms. The number of hydrogen-bond donors (Lipinski definition) is 0. The first-order valence-electron chi connectivity index (χ1n) is 4.50. The molecule has 0 atom stereocenters. The summed E-state index contributed by atoms with van der Waals surface area (Å²) in [4.78, 5) is 0. The smallest absolute Gasteiger partial charge is 0.181 e. The van der Waals surface area contributed by atoms with E-state index >= 15 is 0 Å². The van der Waals surface area contributed by atoms with Gasteiger partial charge in [0.25, 0.3) is 0 Å². The first-order chi connectivity index (χ1) is 7.30. The van der Waals surface area contributed by atoms with E-state index < -0.39 is 0 Å². The van der Waals surface area contributed by atoms with Crippen molar-refractivity contribution in [3.8, 4) is 11.5 Å². The second kappa shape index (κ2) is 4.45. The molecule has 0 radical (unpaired) electrons. The molecule has 2 rings (SSSR count). The van der Waals surface area contributed by atoms with Crippen LogP contribution in [0.2, 0.25) is 0 Å². The van der Waals surface area contributed by atoms with Gasteiger partial charge in [0.15, 0.2) is 44.0 Å². The van der Waals surface area contributed by atoms with Crippen molar-refractivity contribution in [2.45, 2.75) is 13.5 Å². The van der Waals surface area contributed by atoms with Crippen LogP contribution in [0.15, 0.2) is 24.4 Å². The Bertz CT molecular complexity index is 481. The fourth-order valence-electron chi connectivity index (χ4n) is 1.59. The molecule has 0 bridgehead atoms. The quantitative estimate of drug-likeness (QED) is 0.845. The molecule has 0 aliphatic carbocycles. The van der Waals surface area contributed by atoms with Crippen LogP contribution in [0.5, 0.6) is 11.5 Å². The van der Waals surface area contributed by atoms with E-state index in [9.17, 15) is 0 Å². The van der Waals surface area contributed by atoms with Crippen molar-refractivity contribution < 1.29 is 7.66 Å². The number of benzene rings is 1. The minimum atomic E-state index is 0.646. The number of aryl methyl sites for hydroxylation is 1. The van der Waals surface area contributed by atoms with Gasteiger partial charge in [0.2, 0.25) is 0 Å². The zero-order chi connectivity index (χ0) is 10.8.